The van der Waals surface area contributed by atoms with Crippen LogP contribution in [0.5, 0.6) is 0 Å². The summed E-state index contributed by atoms with van der Waals surface area (Å²) in [4.78, 5) is 13.8. The Morgan fingerprint density at radius 2 is 1.83 bits per heavy atom. The summed E-state index contributed by atoms with van der Waals surface area (Å²) in [5, 5.41) is 4.40. The van der Waals surface area contributed by atoms with Crippen molar-refractivity contribution in [3.63, 3.8) is 0 Å². The molecule has 0 atom stereocenters. The van der Waals surface area contributed by atoms with Crippen molar-refractivity contribution in [2.24, 2.45) is 0 Å². The van der Waals surface area contributed by atoms with Crippen LogP contribution in [0.4, 0.5) is 11.8 Å². The summed E-state index contributed by atoms with van der Waals surface area (Å²) >= 11 is 0. The number of anilines is 2. The van der Waals surface area contributed by atoms with E-state index < -0.39 is 0 Å². The van der Waals surface area contributed by atoms with Crippen molar-refractivity contribution in [2.75, 3.05) is 43.4 Å². The number of nitrogens with zero attached hydrogens (tertiary/aromatic N) is 6. The van der Waals surface area contributed by atoms with Crippen molar-refractivity contribution in [3.8, 4) is 11.6 Å². The summed E-state index contributed by atoms with van der Waals surface area (Å²) < 4.78 is 6.93. The lowest BCUT2D eigenvalue weighted by atomic mass is 10.2. The van der Waals surface area contributed by atoms with Gasteiger partial charge in [-0.2, -0.15) is 9.50 Å². The fourth-order valence-electron chi connectivity index (χ4n) is 3.63. The molecule has 5 rings (SSSR count). The summed E-state index contributed by atoms with van der Waals surface area (Å²) in [6.45, 7) is 4.66. The molecule has 8 nitrogen and oxygen atoms in total. The van der Waals surface area contributed by atoms with Gasteiger partial charge in [-0.3, -0.25) is 4.90 Å². The van der Waals surface area contributed by atoms with Gasteiger partial charge in [0.15, 0.2) is 11.4 Å². The quantitative estimate of drug-likeness (QED) is 0.550. The molecule has 0 saturated carbocycles. The van der Waals surface area contributed by atoms with E-state index in [4.69, 9.17) is 10.2 Å². The Labute approximate surface area is 174 Å². The molecule has 1 aliphatic rings. The number of hydrogen-bond donors (Lipinski definition) is 1. The summed E-state index contributed by atoms with van der Waals surface area (Å²) in [6.07, 6.45) is 5.99. The molecular formula is C22H23N7O. The minimum absolute atomic E-state index is 0.320. The molecule has 4 aromatic rings. The zero-order valence-electron chi connectivity index (χ0n) is 16.6. The van der Waals surface area contributed by atoms with Crippen LogP contribution in [0.15, 0.2) is 65.3 Å². The SMILES string of the molecule is Nc1nc(N2CCN(C/C=C/c3ccccc3)CC2)cc2nc(-c3ccco3)nn12. The average Bonchev–Trinajstić information content (AvgIpc) is 3.45. The molecular weight excluding hydrogens is 378 g/mol. The van der Waals surface area contributed by atoms with Gasteiger partial charge < -0.3 is 15.1 Å². The van der Waals surface area contributed by atoms with Crippen LogP contribution in [0.3, 0.4) is 0 Å². The number of nitrogen functional groups attached to an aromatic ring is 1. The highest BCUT2D eigenvalue weighted by atomic mass is 16.3. The van der Waals surface area contributed by atoms with Gasteiger partial charge in [-0.15, -0.1) is 5.10 Å². The second kappa shape index (κ2) is 8.00. The standard InChI is InChI=1S/C22H23N7O/c23-22-25-19(16-20-24-21(26-29(20)22)18-9-5-15-30-18)28-13-11-27(12-14-28)10-4-8-17-6-2-1-3-7-17/h1-9,15-16H,10-14H2,(H2,23,25)/b8-4+. The number of furan rings is 1. The molecule has 0 aliphatic carbocycles. The monoisotopic (exact) mass is 401 g/mol. The first kappa shape index (κ1) is 18.4. The van der Waals surface area contributed by atoms with Gasteiger partial charge in [0.25, 0.3) is 0 Å². The highest BCUT2D eigenvalue weighted by Crippen LogP contribution is 2.22. The van der Waals surface area contributed by atoms with E-state index in [9.17, 15) is 0 Å². The topological polar surface area (TPSA) is 88.7 Å². The third-order valence-corrected chi connectivity index (χ3v) is 5.25. The largest absolute Gasteiger partial charge is 0.461 e. The predicted octanol–water partition coefficient (Wildman–Crippen LogP) is 2.80. The lowest BCUT2D eigenvalue weighted by Gasteiger charge is -2.34. The van der Waals surface area contributed by atoms with Crippen LogP contribution < -0.4 is 10.6 Å². The van der Waals surface area contributed by atoms with Crippen LogP contribution in [0, 0.1) is 0 Å². The van der Waals surface area contributed by atoms with Gasteiger partial charge in [-0.05, 0) is 17.7 Å². The Morgan fingerprint density at radius 3 is 2.60 bits per heavy atom. The summed E-state index contributed by atoms with van der Waals surface area (Å²) in [7, 11) is 0. The first-order valence-corrected chi connectivity index (χ1v) is 10.0. The van der Waals surface area contributed by atoms with Crippen molar-refractivity contribution in [1.82, 2.24) is 24.5 Å². The van der Waals surface area contributed by atoms with E-state index in [-0.39, 0.29) is 0 Å². The molecule has 8 heteroatoms. The Hall–Kier alpha value is -3.65. The number of hydrogen-bond acceptors (Lipinski definition) is 7. The molecule has 2 N–H and O–H groups in total. The average molecular weight is 401 g/mol. The molecule has 1 aliphatic heterocycles. The van der Waals surface area contributed by atoms with E-state index in [1.807, 2.05) is 24.3 Å². The second-order valence-electron chi connectivity index (χ2n) is 7.26. The van der Waals surface area contributed by atoms with Crippen LogP contribution in [0.2, 0.25) is 0 Å². The fourth-order valence-corrected chi connectivity index (χ4v) is 3.63. The summed E-state index contributed by atoms with van der Waals surface area (Å²) in [6, 6.07) is 15.9. The molecule has 0 amide bonds. The Kier molecular flexibility index (Phi) is 4.90. The third-order valence-electron chi connectivity index (χ3n) is 5.25. The number of rotatable bonds is 5. The molecule has 0 radical (unpaired) electrons. The number of fused-ring (bicyclic) bond motifs is 1. The summed E-state index contributed by atoms with van der Waals surface area (Å²) in [5.74, 6) is 2.26. The first-order valence-electron chi connectivity index (χ1n) is 10.0. The number of nitrogens with two attached hydrogens (primary N) is 1. The van der Waals surface area contributed by atoms with Crippen molar-refractivity contribution >= 4 is 23.5 Å². The van der Waals surface area contributed by atoms with Gasteiger partial charge in [0.1, 0.15) is 5.82 Å². The Morgan fingerprint density at radius 1 is 1.00 bits per heavy atom. The third kappa shape index (κ3) is 3.77. The van der Waals surface area contributed by atoms with Gasteiger partial charge in [-0.1, -0.05) is 42.5 Å². The van der Waals surface area contributed by atoms with Gasteiger partial charge in [0.05, 0.1) is 6.26 Å². The molecule has 152 valence electrons. The van der Waals surface area contributed by atoms with Crippen LogP contribution in [0.1, 0.15) is 5.56 Å². The van der Waals surface area contributed by atoms with Gasteiger partial charge in [0.2, 0.25) is 11.8 Å². The maximum Gasteiger partial charge on any atom is 0.225 e. The van der Waals surface area contributed by atoms with Crippen molar-refractivity contribution < 1.29 is 4.42 Å². The van der Waals surface area contributed by atoms with Crippen LogP contribution in [-0.4, -0.2) is 57.2 Å². The second-order valence-corrected chi connectivity index (χ2v) is 7.26. The zero-order chi connectivity index (χ0) is 20.3. The van der Waals surface area contributed by atoms with Crippen LogP contribution in [-0.2, 0) is 0 Å². The molecule has 1 saturated heterocycles. The molecule has 4 heterocycles. The van der Waals surface area contributed by atoms with Crippen molar-refractivity contribution in [2.45, 2.75) is 0 Å². The molecule has 1 aromatic carbocycles. The maximum absolute atomic E-state index is 6.15. The Bertz CT molecular complexity index is 1140. The highest BCUT2D eigenvalue weighted by molar-refractivity contribution is 5.59. The normalized spacial score (nSPS) is 15.4. The van der Waals surface area contributed by atoms with Crippen molar-refractivity contribution in [3.05, 3.63) is 66.4 Å². The summed E-state index contributed by atoms with van der Waals surface area (Å²) in [5.41, 5.74) is 8.04. The molecule has 3 aromatic heterocycles. The van der Waals surface area contributed by atoms with Crippen molar-refractivity contribution in [1.29, 1.82) is 0 Å². The van der Waals surface area contributed by atoms with E-state index >= 15 is 0 Å². The fraction of sp³-hybridized carbons (Fsp3) is 0.227. The molecule has 30 heavy (non-hydrogen) atoms. The van der Waals surface area contributed by atoms with E-state index in [2.05, 4.69) is 61.3 Å². The lowest BCUT2D eigenvalue weighted by Crippen LogP contribution is -2.46. The number of piperazine rings is 1. The maximum atomic E-state index is 6.15. The van der Waals surface area contributed by atoms with Gasteiger partial charge in [0, 0.05) is 38.8 Å². The van der Waals surface area contributed by atoms with Crippen LogP contribution >= 0.6 is 0 Å². The number of aromatic nitrogens is 4. The number of benzene rings is 1. The minimum atomic E-state index is 0.320. The van der Waals surface area contributed by atoms with E-state index in [0.717, 1.165) is 38.5 Å². The van der Waals surface area contributed by atoms with Gasteiger partial charge in [-0.25, -0.2) is 4.98 Å². The van der Waals surface area contributed by atoms with Gasteiger partial charge >= 0.3 is 0 Å². The van der Waals surface area contributed by atoms with Crippen LogP contribution in [0.25, 0.3) is 23.3 Å². The lowest BCUT2D eigenvalue weighted by molar-refractivity contribution is 0.283. The zero-order valence-corrected chi connectivity index (χ0v) is 16.6. The van der Waals surface area contributed by atoms with E-state index in [1.165, 1.54) is 5.56 Å². The molecule has 0 spiro atoms. The molecule has 0 bridgehead atoms. The minimum Gasteiger partial charge on any atom is -0.461 e. The highest BCUT2D eigenvalue weighted by Gasteiger charge is 2.20. The molecule has 0 unspecified atom stereocenters. The van der Waals surface area contributed by atoms with E-state index in [0.29, 0.717) is 23.2 Å². The smallest absolute Gasteiger partial charge is 0.225 e. The predicted molar refractivity (Wildman–Crippen MR) is 117 cm³/mol. The Balaban J connectivity index is 1.25. The van der Waals surface area contributed by atoms with E-state index in [1.54, 1.807) is 10.8 Å². The molecule has 1 fully saturated rings. The first-order chi connectivity index (χ1) is 14.8.